The number of rotatable bonds is 4. The van der Waals surface area contributed by atoms with E-state index in [-0.39, 0.29) is 11.8 Å². The molecule has 1 aromatic rings. The van der Waals surface area contributed by atoms with Crippen LogP contribution < -0.4 is 5.32 Å². The average molecular weight is 386 g/mol. The van der Waals surface area contributed by atoms with Crippen LogP contribution in [0.4, 0.5) is 5.69 Å². The van der Waals surface area contributed by atoms with Crippen LogP contribution in [0.2, 0.25) is 0 Å². The monoisotopic (exact) mass is 385 g/mol. The first-order valence-electron chi connectivity index (χ1n) is 9.98. The minimum absolute atomic E-state index is 0.0248. The molecule has 0 radical (unpaired) electrons. The fourth-order valence-electron chi connectivity index (χ4n) is 4.16. The predicted molar refractivity (Wildman–Crippen MR) is 108 cm³/mol. The molecule has 0 bridgehead atoms. The van der Waals surface area contributed by atoms with E-state index in [1.165, 1.54) is 32.1 Å². The zero-order chi connectivity index (χ0) is 18.8. The lowest BCUT2D eigenvalue weighted by molar-refractivity contribution is -0.113. The predicted octanol–water partition coefficient (Wildman–Crippen LogP) is 4.28. The SMILES string of the molecule is CN(CCC1CCCCC1)C(=O)c1ccc2c(c1)NC(=O)C1=CCCN1S2. The average Bonchev–Trinajstić information content (AvgIpc) is 3.11. The number of anilines is 1. The Hall–Kier alpha value is -1.95. The van der Waals surface area contributed by atoms with Gasteiger partial charge in [0.1, 0.15) is 5.70 Å². The highest BCUT2D eigenvalue weighted by molar-refractivity contribution is 7.97. The number of nitrogens with zero attached hydrogens (tertiary/aromatic N) is 2. The quantitative estimate of drug-likeness (QED) is 0.786. The molecule has 0 spiro atoms. The number of carbonyl (C=O) groups is 2. The van der Waals surface area contributed by atoms with Crippen molar-refractivity contribution in [3.8, 4) is 0 Å². The van der Waals surface area contributed by atoms with Gasteiger partial charge in [-0.15, -0.1) is 0 Å². The lowest BCUT2D eigenvalue weighted by Gasteiger charge is -2.25. The Morgan fingerprint density at radius 3 is 2.93 bits per heavy atom. The molecule has 2 aliphatic heterocycles. The molecule has 4 rings (SSSR count). The van der Waals surface area contributed by atoms with Crippen LogP contribution in [0.1, 0.15) is 55.3 Å². The summed E-state index contributed by atoms with van der Waals surface area (Å²) in [7, 11) is 1.88. The number of fused-ring (bicyclic) bond motifs is 2. The van der Waals surface area contributed by atoms with E-state index in [4.69, 9.17) is 0 Å². The molecular formula is C21H27N3O2S. The largest absolute Gasteiger partial charge is 0.342 e. The first-order valence-corrected chi connectivity index (χ1v) is 10.8. The topological polar surface area (TPSA) is 52.7 Å². The summed E-state index contributed by atoms with van der Waals surface area (Å²) in [6.07, 6.45) is 10.6. The highest BCUT2D eigenvalue weighted by Crippen LogP contribution is 2.39. The molecule has 2 amide bonds. The van der Waals surface area contributed by atoms with Crippen LogP contribution in [0, 0.1) is 5.92 Å². The van der Waals surface area contributed by atoms with E-state index >= 15 is 0 Å². The van der Waals surface area contributed by atoms with Gasteiger partial charge in [-0.3, -0.25) is 9.59 Å². The van der Waals surface area contributed by atoms with E-state index in [1.807, 2.05) is 40.5 Å². The van der Waals surface area contributed by atoms with E-state index in [0.717, 1.165) is 42.4 Å². The Kier molecular flexibility index (Phi) is 5.43. The highest BCUT2D eigenvalue weighted by Gasteiger charge is 2.28. The summed E-state index contributed by atoms with van der Waals surface area (Å²) < 4.78 is 2.03. The molecule has 2 heterocycles. The lowest BCUT2D eigenvalue weighted by Crippen LogP contribution is -2.29. The van der Waals surface area contributed by atoms with Gasteiger partial charge in [-0.1, -0.05) is 38.2 Å². The summed E-state index contributed by atoms with van der Waals surface area (Å²) in [5.74, 6) is 0.698. The second-order valence-corrected chi connectivity index (χ2v) is 8.82. The molecule has 144 valence electrons. The van der Waals surface area contributed by atoms with Crippen LogP contribution in [0.25, 0.3) is 0 Å². The molecule has 1 fully saturated rings. The van der Waals surface area contributed by atoms with Crippen LogP contribution in [-0.4, -0.2) is 41.2 Å². The van der Waals surface area contributed by atoms with Crippen LogP contribution >= 0.6 is 11.9 Å². The molecular weight excluding hydrogens is 358 g/mol. The highest BCUT2D eigenvalue weighted by atomic mass is 32.2. The van der Waals surface area contributed by atoms with Crippen molar-refractivity contribution < 1.29 is 9.59 Å². The molecule has 6 heteroatoms. The smallest absolute Gasteiger partial charge is 0.272 e. The van der Waals surface area contributed by atoms with Gasteiger partial charge in [-0.25, -0.2) is 0 Å². The van der Waals surface area contributed by atoms with Crippen molar-refractivity contribution in [3.63, 3.8) is 0 Å². The zero-order valence-corrected chi connectivity index (χ0v) is 16.7. The second-order valence-electron chi connectivity index (χ2n) is 7.76. The number of carbonyl (C=O) groups excluding carboxylic acids is 2. The van der Waals surface area contributed by atoms with Crippen LogP contribution in [-0.2, 0) is 4.79 Å². The van der Waals surface area contributed by atoms with Gasteiger partial charge in [0.25, 0.3) is 11.8 Å². The maximum atomic E-state index is 12.9. The molecule has 1 saturated carbocycles. The standard InChI is InChI=1S/C21H27N3O2S/c1-23(13-11-15-6-3-2-4-7-15)21(26)16-9-10-19-17(14-16)22-20(25)18-8-5-12-24(18)27-19/h8-10,14-15H,2-7,11-13H2,1H3,(H,22,25). The van der Waals surface area contributed by atoms with Gasteiger partial charge in [-0.05, 0) is 48.9 Å². The molecule has 3 aliphatic rings. The summed E-state index contributed by atoms with van der Waals surface area (Å²) >= 11 is 1.57. The maximum absolute atomic E-state index is 12.9. The molecule has 5 nitrogen and oxygen atoms in total. The van der Waals surface area contributed by atoms with E-state index < -0.39 is 0 Å². The fraction of sp³-hybridized carbons (Fsp3) is 0.524. The summed E-state index contributed by atoms with van der Waals surface area (Å²) in [5.41, 5.74) is 2.08. The normalized spacial score (nSPS) is 19.7. The summed E-state index contributed by atoms with van der Waals surface area (Å²) in [6.45, 7) is 1.64. The van der Waals surface area contributed by atoms with E-state index in [9.17, 15) is 9.59 Å². The maximum Gasteiger partial charge on any atom is 0.272 e. The first-order chi connectivity index (χ1) is 13.1. The zero-order valence-electron chi connectivity index (χ0n) is 15.9. The van der Waals surface area contributed by atoms with Gasteiger partial charge < -0.3 is 14.5 Å². The van der Waals surface area contributed by atoms with Crippen molar-refractivity contribution in [3.05, 3.63) is 35.5 Å². The van der Waals surface area contributed by atoms with E-state index in [0.29, 0.717) is 11.3 Å². The van der Waals surface area contributed by atoms with Crippen LogP contribution in [0.3, 0.4) is 0 Å². The summed E-state index contributed by atoms with van der Waals surface area (Å²) in [5, 5.41) is 2.97. The van der Waals surface area contributed by atoms with Crippen LogP contribution in [0.5, 0.6) is 0 Å². The Morgan fingerprint density at radius 1 is 1.30 bits per heavy atom. The Morgan fingerprint density at radius 2 is 2.11 bits per heavy atom. The van der Waals surface area contributed by atoms with Gasteiger partial charge in [0, 0.05) is 25.7 Å². The fourth-order valence-corrected chi connectivity index (χ4v) is 5.19. The number of amides is 2. The molecule has 0 atom stereocenters. The van der Waals surface area contributed by atoms with E-state index in [1.54, 1.807) is 11.9 Å². The number of benzene rings is 1. The molecule has 0 aromatic heterocycles. The molecule has 1 aliphatic carbocycles. The van der Waals surface area contributed by atoms with Gasteiger partial charge in [0.05, 0.1) is 10.6 Å². The van der Waals surface area contributed by atoms with Gasteiger partial charge in [-0.2, -0.15) is 0 Å². The van der Waals surface area contributed by atoms with Crippen LogP contribution in [0.15, 0.2) is 34.9 Å². The lowest BCUT2D eigenvalue weighted by atomic mass is 9.87. The number of hydrogen-bond acceptors (Lipinski definition) is 4. The van der Waals surface area contributed by atoms with Crippen molar-refractivity contribution in [2.75, 3.05) is 25.5 Å². The van der Waals surface area contributed by atoms with E-state index in [2.05, 4.69) is 5.32 Å². The third kappa shape index (κ3) is 4.00. The third-order valence-electron chi connectivity index (χ3n) is 5.80. The Balaban J connectivity index is 1.43. The van der Waals surface area contributed by atoms with Crippen molar-refractivity contribution >= 4 is 29.4 Å². The number of hydrogen-bond donors (Lipinski definition) is 1. The van der Waals surface area contributed by atoms with Crippen molar-refractivity contribution in [2.24, 2.45) is 5.92 Å². The van der Waals surface area contributed by atoms with Crippen molar-refractivity contribution in [1.82, 2.24) is 9.21 Å². The summed E-state index contributed by atoms with van der Waals surface area (Å²) in [6, 6.07) is 5.65. The first kappa shape index (κ1) is 18.4. The molecule has 1 aromatic carbocycles. The molecule has 0 unspecified atom stereocenters. The summed E-state index contributed by atoms with van der Waals surface area (Å²) in [4.78, 5) is 28.1. The van der Waals surface area contributed by atoms with Crippen molar-refractivity contribution in [2.45, 2.75) is 49.8 Å². The van der Waals surface area contributed by atoms with Crippen molar-refractivity contribution in [1.29, 1.82) is 0 Å². The molecule has 0 saturated heterocycles. The minimum Gasteiger partial charge on any atom is -0.342 e. The van der Waals surface area contributed by atoms with Gasteiger partial charge >= 0.3 is 0 Å². The van der Waals surface area contributed by atoms with Gasteiger partial charge in [0.2, 0.25) is 0 Å². The minimum atomic E-state index is -0.0889. The second kappa shape index (κ2) is 7.97. The number of nitrogens with one attached hydrogen (secondary N) is 1. The molecule has 1 N–H and O–H groups in total. The molecule has 27 heavy (non-hydrogen) atoms. The Bertz CT molecular complexity index is 771. The van der Waals surface area contributed by atoms with Gasteiger partial charge in [0.15, 0.2) is 0 Å². The Labute approximate surface area is 165 Å². The third-order valence-corrected chi connectivity index (χ3v) is 6.95.